The molecule has 0 amide bonds. The van der Waals surface area contributed by atoms with Crippen molar-refractivity contribution in [1.29, 1.82) is 0 Å². The van der Waals surface area contributed by atoms with Gasteiger partial charge in [-0.2, -0.15) is 0 Å². The van der Waals surface area contributed by atoms with E-state index in [1.807, 2.05) is 6.92 Å². The van der Waals surface area contributed by atoms with Crippen LogP contribution in [0.5, 0.6) is 0 Å². The molecule has 0 unspecified atom stereocenters. The van der Waals surface area contributed by atoms with Crippen molar-refractivity contribution in [3.8, 4) is 0 Å². The second-order valence-electron chi connectivity index (χ2n) is 9.35. The SMILES string of the molecule is CCOC(=O)CCN(CCCC[Si](C)(OCC)OCC)[Si](C(C)C)(C(C)C)C(C)C. The van der Waals surface area contributed by atoms with E-state index >= 15 is 0 Å². The van der Waals surface area contributed by atoms with Gasteiger partial charge < -0.3 is 18.2 Å². The van der Waals surface area contributed by atoms with Crippen LogP contribution in [0.25, 0.3) is 0 Å². The molecule has 0 radical (unpaired) electrons. The lowest BCUT2D eigenvalue weighted by Gasteiger charge is -2.51. The maximum absolute atomic E-state index is 12.1. The number of ether oxygens (including phenoxy) is 1. The third kappa shape index (κ3) is 8.73. The highest BCUT2D eigenvalue weighted by molar-refractivity contribution is 6.81. The van der Waals surface area contributed by atoms with Gasteiger partial charge in [-0.15, -0.1) is 0 Å². The molecule has 0 atom stereocenters. The summed E-state index contributed by atoms with van der Waals surface area (Å²) in [5.41, 5.74) is 1.89. The Labute approximate surface area is 189 Å². The fourth-order valence-corrected chi connectivity index (χ4v) is 15.3. The monoisotopic (exact) mass is 461 g/mol. The van der Waals surface area contributed by atoms with E-state index in [0.29, 0.717) is 29.7 Å². The quantitative estimate of drug-likeness (QED) is 0.144. The third-order valence-electron chi connectivity index (χ3n) is 6.42. The highest BCUT2D eigenvalue weighted by atomic mass is 28.4. The third-order valence-corrected chi connectivity index (χ3v) is 16.6. The van der Waals surface area contributed by atoms with Gasteiger partial charge in [0.1, 0.15) is 8.24 Å². The smallest absolute Gasteiger partial charge is 0.334 e. The number of carbonyl (C=O) groups excluding carboxylic acids is 1. The molecule has 5 nitrogen and oxygen atoms in total. The molecule has 0 spiro atoms. The molecule has 0 saturated heterocycles. The molecule has 0 fully saturated rings. The maximum Gasteiger partial charge on any atom is 0.334 e. The lowest BCUT2D eigenvalue weighted by Crippen LogP contribution is -2.60. The fourth-order valence-electron chi connectivity index (χ4n) is 5.60. The number of unbranched alkanes of at least 4 members (excludes halogenated alkanes) is 1. The van der Waals surface area contributed by atoms with Crippen molar-refractivity contribution in [3.05, 3.63) is 0 Å². The Kier molecular flexibility index (Phi) is 14.7. The summed E-state index contributed by atoms with van der Waals surface area (Å²) in [6, 6.07) is 1.03. The fraction of sp³-hybridized carbons (Fsp3) is 0.957. The Morgan fingerprint density at radius 2 is 1.30 bits per heavy atom. The first-order chi connectivity index (χ1) is 14.0. The predicted octanol–water partition coefficient (Wildman–Crippen LogP) is 6.34. The molecule has 0 aliphatic carbocycles. The average molecular weight is 462 g/mol. The molecule has 0 aromatic heterocycles. The summed E-state index contributed by atoms with van der Waals surface area (Å²) in [5, 5.41) is 0. The zero-order valence-electron chi connectivity index (χ0n) is 21.7. The predicted molar refractivity (Wildman–Crippen MR) is 133 cm³/mol. The van der Waals surface area contributed by atoms with Gasteiger partial charge in [0.15, 0.2) is 0 Å². The summed E-state index contributed by atoms with van der Waals surface area (Å²) < 4.78 is 20.0. The lowest BCUT2D eigenvalue weighted by molar-refractivity contribution is -0.143. The van der Waals surface area contributed by atoms with Gasteiger partial charge in [0.2, 0.25) is 0 Å². The van der Waals surface area contributed by atoms with E-state index in [1.54, 1.807) is 0 Å². The van der Waals surface area contributed by atoms with Crippen molar-refractivity contribution < 1.29 is 18.4 Å². The molecule has 0 bridgehead atoms. The van der Waals surface area contributed by atoms with Crippen molar-refractivity contribution in [3.63, 3.8) is 0 Å². The standard InChI is InChI=1S/C23H51NO4Si2/c1-11-26-23(25)16-18-24(30(20(4)5,21(6)7)22(8)9)17-14-15-19-29(10,27-12-2)28-13-3/h20-22H,11-19H2,1-10H3. The zero-order valence-corrected chi connectivity index (χ0v) is 23.7. The number of nitrogens with zero attached hydrogens (tertiary/aromatic N) is 1. The molecule has 0 N–H and O–H groups in total. The largest absolute Gasteiger partial charge is 0.466 e. The molecule has 0 aliphatic heterocycles. The molecule has 30 heavy (non-hydrogen) atoms. The number of esters is 1. The number of hydrogen-bond donors (Lipinski definition) is 0. The van der Waals surface area contributed by atoms with Crippen LogP contribution >= 0.6 is 0 Å². The van der Waals surface area contributed by atoms with Crippen LogP contribution in [0.4, 0.5) is 0 Å². The van der Waals surface area contributed by atoms with Gasteiger partial charge in [0.05, 0.1) is 13.0 Å². The van der Waals surface area contributed by atoms with Crippen LogP contribution in [0, 0.1) is 0 Å². The summed E-state index contributed by atoms with van der Waals surface area (Å²) >= 11 is 0. The van der Waals surface area contributed by atoms with Crippen molar-refractivity contribution in [2.24, 2.45) is 0 Å². The molecule has 0 saturated carbocycles. The van der Waals surface area contributed by atoms with E-state index in [-0.39, 0.29) is 5.97 Å². The van der Waals surface area contributed by atoms with Gasteiger partial charge in [0.25, 0.3) is 0 Å². The van der Waals surface area contributed by atoms with Gasteiger partial charge in [-0.05, 0) is 63.0 Å². The lowest BCUT2D eigenvalue weighted by atomic mass is 10.3. The minimum atomic E-state index is -2.06. The Balaban J connectivity index is 5.37. The van der Waals surface area contributed by atoms with Crippen molar-refractivity contribution in [2.45, 2.75) is 111 Å². The summed E-state index contributed by atoms with van der Waals surface area (Å²) in [5.74, 6) is -0.0747. The van der Waals surface area contributed by atoms with E-state index in [2.05, 4.69) is 66.5 Å². The molecular formula is C23H51NO4Si2. The minimum Gasteiger partial charge on any atom is -0.466 e. The first-order valence-corrected chi connectivity index (χ1v) is 16.9. The molecule has 0 aromatic carbocycles. The molecule has 7 heteroatoms. The van der Waals surface area contributed by atoms with Gasteiger partial charge >= 0.3 is 14.5 Å². The van der Waals surface area contributed by atoms with Crippen LogP contribution in [0.2, 0.25) is 29.2 Å². The van der Waals surface area contributed by atoms with E-state index in [4.69, 9.17) is 13.6 Å². The van der Waals surface area contributed by atoms with Crippen LogP contribution in [-0.4, -0.2) is 60.2 Å². The summed E-state index contributed by atoms with van der Waals surface area (Å²) in [6.07, 6.45) is 2.71. The Morgan fingerprint density at radius 1 is 0.800 bits per heavy atom. The van der Waals surface area contributed by atoms with E-state index in [9.17, 15) is 4.79 Å². The first-order valence-electron chi connectivity index (χ1n) is 12.2. The van der Waals surface area contributed by atoms with Gasteiger partial charge in [0, 0.05) is 19.8 Å². The zero-order chi connectivity index (χ0) is 23.4. The van der Waals surface area contributed by atoms with Crippen molar-refractivity contribution in [2.75, 3.05) is 32.9 Å². The Morgan fingerprint density at radius 3 is 1.70 bits per heavy atom. The molecule has 0 aromatic rings. The van der Waals surface area contributed by atoms with Crippen molar-refractivity contribution >= 4 is 22.8 Å². The molecule has 0 rings (SSSR count). The van der Waals surface area contributed by atoms with E-state index in [1.165, 1.54) is 0 Å². The van der Waals surface area contributed by atoms with Crippen LogP contribution in [0.15, 0.2) is 0 Å². The van der Waals surface area contributed by atoms with E-state index in [0.717, 1.165) is 45.2 Å². The molecule has 180 valence electrons. The number of carbonyl (C=O) groups is 1. The number of hydrogen-bond acceptors (Lipinski definition) is 5. The highest BCUT2D eigenvalue weighted by Crippen LogP contribution is 2.44. The van der Waals surface area contributed by atoms with Crippen LogP contribution in [-0.2, 0) is 18.4 Å². The van der Waals surface area contributed by atoms with Crippen LogP contribution < -0.4 is 0 Å². The second-order valence-corrected chi connectivity index (χ2v) is 18.6. The van der Waals surface area contributed by atoms with Gasteiger partial charge in [-0.1, -0.05) is 48.0 Å². The average Bonchev–Trinajstić information content (AvgIpc) is 2.62. The maximum atomic E-state index is 12.1. The van der Waals surface area contributed by atoms with Crippen LogP contribution in [0.1, 0.15) is 81.6 Å². The summed E-state index contributed by atoms with van der Waals surface area (Å²) in [4.78, 5) is 12.1. The van der Waals surface area contributed by atoms with E-state index < -0.39 is 16.8 Å². The molecule has 0 aliphatic rings. The van der Waals surface area contributed by atoms with Crippen LogP contribution in [0.3, 0.4) is 0 Å². The topological polar surface area (TPSA) is 48.0 Å². The molecular weight excluding hydrogens is 410 g/mol. The second kappa shape index (κ2) is 14.8. The normalized spacial score (nSPS) is 13.1. The minimum absolute atomic E-state index is 0.0747. The highest BCUT2D eigenvalue weighted by Gasteiger charge is 2.47. The summed E-state index contributed by atoms with van der Waals surface area (Å²) in [6.45, 7) is 26.2. The van der Waals surface area contributed by atoms with Gasteiger partial charge in [-0.3, -0.25) is 4.79 Å². The first kappa shape index (κ1) is 29.8. The van der Waals surface area contributed by atoms with Gasteiger partial charge in [-0.25, -0.2) is 0 Å². The Hall–Kier alpha value is -0.216. The molecule has 0 heterocycles. The number of rotatable bonds is 17. The summed E-state index contributed by atoms with van der Waals surface area (Å²) in [7, 11) is -3.86. The van der Waals surface area contributed by atoms with Crippen molar-refractivity contribution in [1.82, 2.24) is 4.57 Å². The Bertz CT molecular complexity index is 444.